The summed E-state index contributed by atoms with van der Waals surface area (Å²) in [5, 5.41) is 8.60. The topological polar surface area (TPSA) is 75.2 Å². The fraction of sp³-hybridized carbons (Fsp3) is 0.455. The third-order valence-corrected chi connectivity index (χ3v) is 6.03. The van der Waals surface area contributed by atoms with E-state index in [1.165, 1.54) is 10.4 Å². The molecule has 1 aliphatic heterocycles. The van der Waals surface area contributed by atoms with Crippen LogP contribution in [0.5, 0.6) is 11.5 Å². The number of fused-ring (bicyclic) bond motifs is 1. The van der Waals surface area contributed by atoms with E-state index in [0.717, 1.165) is 31.6 Å². The lowest BCUT2D eigenvalue weighted by molar-refractivity contribution is -0.131. The summed E-state index contributed by atoms with van der Waals surface area (Å²) in [4.78, 5) is 20.6. The predicted octanol–water partition coefficient (Wildman–Crippen LogP) is 2.80. The van der Waals surface area contributed by atoms with E-state index >= 15 is 0 Å². The lowest BCUT2D eigenvalue weighted by Crippen LogP contribution is -2.41. The van der Waals surface area contributed by atoms with Crippen LogP contribution < -0.4 is 20.1 Å². The van der Waals surface area contributed by atoms with Gasteiger partial charge in [0.15, 0.2) is 17.5 Å². The summed E-state index contributed by atoms with van der Waals surface area (Å²) in [6.07, 6.45) is 1.40. The van der Waals surface area contributed by atoms with Gasteiger partial charge in [0.1, 0.15) is 0 Å². The van der Waals surface area contributed by atoms with Gasteiger partial charge in [-0.05, 0) is 48.1 Å². The lowest BCUT2D eigenvalue weighted by Gasteiger charge is -2.27. The monoisotopic (exact) mass is 430 g/mol. The molecule has 1 aliphatic rings. The van der Waals surface area contributed by atoms with Gasteiger partial charge in [-0.1, -0.05) is 6.07 Å². The first-order valence-electron chi connectivity index (χ1n) is 10.2. The van der Waals surface area contributed by atoms with E-state index in [1.807, 2.05) is 30.0 Å². The van der Waals surface area contributed by atoms with Crippen LogP contribution in [0.4, 0.5) is 0 Å². The number of carbonyl (C=O) groups is 1. The van der Waals surface area contributed by atoms with Crippen LogP contribution >= 0.6 is 11.3 Å². The Labute approximate surface area is 182 Å². The van der Waals surface area contributed by atoms with E-state index in [0.29, 0.717) is 37.0 Å². The highest BCUT2D eigenvalue weighted by Gasteiger charge is 2.21. The first-order chi connectivity index (χ1) is 14.6. The highest BCUT2D eigenvalue weighted by atomic mass is 32.1. The van der Waals surface area contributed by atoms with Gasteiger partial charge in [0.2, 0.25) is 5.91 Å². The Morgan fingerprint density at radius 2 is 2.03 bits per heavy atom. The molecule has 0 saturated carbocycles. The minimum atomic E-state index is 0.176. The van der Waals surface area contributed by atoms with Crippen molar-refractivity contribution in [2.75, 3.05) is 33.9 Å². The van der Waals surface area contributed by atoms with Gasteiger partial charge < -0.3 is 25.0 Å². The Hall–Kier alpha value is -2.74. The number of hydrogen-bond acceptors (Lipinski definition) is 5. The van der Waals surface area contributed by atoms with Gasteiger partial charge in [0.05, 0.1) is 20.8 Å². The van der Waals surface area contributed by atoms with E-state index in [1.54, 1.807) is 25.6 Å². The van der Waals surface area contributed by atoms with Gasteiger partial charge in [-0.3, -0.25) is 4.79 Å². The molecule has 162 valence electrons. The largest absolute Gasteiger partial charge is 0.493 e. The number of ether oxygens (including phenoxy) is 2. The minimum Gasteiger partial charge on any atom is -0.493 e. The maximum atomic E-state index is 12.6. The Balaban J connectivity index is 1.51. The van der Waals surface area contributed by atoms with Gasteiger partial charge in [-0.2, -0.15) is 0 Å². The van der Waals surface area contributed by atoms with E-state index in [4.69, 9.17) is 9.47 Å². The average molecular weight is 431 g/mol. The number of nitrogens with one attached hydrogen (secondary N) is 2. The average Bonchev–Trinajstić information content (AvgIpc) is 3.25. The van der Waals surface area contributed by atoms with Crippen LogP contribution in [0.25, 0.3) is 0 Å². The molecule has 1 aromatic heterocycles. The van der Waals surface area contributed by atoms with E-state index in [2.05, 4.69) is 27.1 Å². The summed E-state index contributed by atoms with van der Waals surface area (Å²) in [6, 6.07) is 7.89. The van der Waals surface area contributed by atoms with Crippen LogP contribution in [0.3, 0.4) is 0 Å². The summed E-state index contributed by atoms with van der Waals surface area (Å²) in [7, 11) is 3.24. The van der Waals surface area contributed by atoms with Gasteiger partial charge in [-0.15, -0.1) is 11.3 Å². The van der Waals surface area contributed by atoms with Crippen LogP contribution in [0, 0.1) is 0 Å². The molecule has 30 heavy (non-hydrogen) atoms. The van der Waals surface area contributed by atoms with Gasteiger partial charge in [0, 0.05) is 37.5 Å². The molecule has 2 aromatic rings. The molecular weight excluding hydrogens is 400 g/mol. The molecule has 8 heteroatoms. The normalized spacial score (nSPS) is 13.6. The number of benzene rings is 1. The van der Waals surface area contributed by atoms with Crippen molar-refractivity contribution in [2.24, 2.45) is 4.99 Å². The molecule has 0 saturated heterocycles. The number of amides is 1. The van der Waals surface area contributed by atoms with Crippen molar-refractivity contribution in [3.63, 3.8) is 0 Å². The lowest BCUT2D eigenvalue weighted by atomic mass is 10.1. The zero-order valence-corrected chi connectivity index (χ0v) is 18.7. The summed E-state index contributed by atoms with van der Waals surface area (Å²) in [6.45, 7) is 5.34. The Morgan fingerprint density at radius 1 is 1.20 bits per heavy atom. The first-order valence-corrected chi connectivity index (χ1v) is 11.1. The molecule has 1 aromatic carbocycles. The maximum absolute atomic E-state index is 12.6. The second-order valence-corrected chi connectivity index (χ2v) is 8.00. The number of methoxy groups -OCH3 is 2. The summed E-state index contributed by atoms with van der Waals surface area (Å²) in [5.74, 6) is 2.25. The van der Waals surface area contributed by atoms with Crippen molar-refractivity contribution in [1.29, 1.82) is 0 Å². The number of guanidine groups is 1. The minimum absolute atomic E-state index is 0.176. The van der Waals surface area contributed by atoms with Crippen molar-refractivity contribution in [3.05, 3.63) is 45.6 Å². The molecule has 0 spiro atoms. The number of hydrogen-bond donors (Lipinski definition) is 2. The van der Waals surface area contributed by atoms with Crippen LogP contribution in [0.2, 0.25) is 0 Å². The van der Waals surface area contributed by atoms with E-state index < -0.39 is 0 Å². The third kappa shape index (κ3) is 5.66. The third-order valence-electron chi connectivity index (χ3n) is 5.00. The molecule has 3 rings (SSSR count). The van der Waals surface area contributed by atoms with Crippen LogP contribution in [-0.4, -0.2) is 50.6 Å². The molecule has 7 nitrogen and oxygen atoms in total. The SMILES string of the molecule is CCNC(=NCc1ccc(OC)c(OC)c1)NCCC(=O)N1CCc2sccc2C1. The molecule has 0 fully saturated rings. The molecule has 2 heterocycles. The highest BCUT2D eigenvalue weighted by Crippen LogP contribution is 2.27. The molecule has 2 N–H and O–H groups in total. The number of nitrogens with zero attached hydrogens (tertiary/aromatic N) is 2. The van der Waals surface area contributed by atoms with Gasteiger partial charge in [-0.25, -0.2) is 4.99 Å². The van der Waals surface area contributed by atoms with E-state index in [9.17, 15) is 4.79 Å². The Kier molecular flexibility index (Phi) is 7.96. The summed E-state index contributed by atoms with van der Waals surface area (Å²) < 4.78 is 10.6. The molecule has 0 unspecified atom stereocenters. The molecule has 1 amide bonds. The fourth-order valence-corrected chi connectivity index (χ4v) is 4.29. The molecule has 0 bridgehead atoms. The highest BCUT2D eigenvalue weighted by molar-refractivity contribution is 7.10. The quantitative estimate of drug-likeness (QED) is 0.498. The van der Waals surface area contributed by atoms with Gasteiger partial charge >= 0.3 is 0 Å². The zero-order chi connectivity index (χ0) is 21.3. The van der Waals surface area contributed by atoms with Crippen LogP contribution in [-0.2, 0) is 24.3 Å². The molecule has 0 radical (unpaired) electrons. The number of rotatable bonds is 8. The fourth-order valence-electron chi connectivity index (χ4n) is 3.40. The summed E-state index contributed by atoms with van der Waals surface area (Å²) in [5.41, 5.74) is 2.30. The second kappa shape index (κ2) is 10.9. The standard InChI is InChI=1S/C22H30N4O3S/c1-4-23-22(25-14-16-5-6-18(28-2)19(13-16)29-3)24-10-7-21(27)26-11-8-20-17(15-26)9-12-30-20/h5-6,9,12-13H,4,7-8,10-11,14-15H2,1-3H3,(H2,23,24,25). The predicted molar refractivity (Wildman–Crippen MR) is 120 cm³/mol. The first kappa shape index (κ1) is 22.0. The van der Waals surface area contributed by atoms with Crippen molar-refractivity contribution in [3.8, 4) is 11.5 Å². The molecule has 0 aliphatic carbocycles. The van der Waals surface area contributed by atoms with E-state index in [-0.39, 0.29) is 5.91 Å². The number of aliphatic imine (C=N–C) groups is 1. The van der Waals surface area contributed by atoms with Crippen molar-refractivity contribution in [2.45, 2.75) is 32.9 Å². The molecule has 0 atom stereocenters. The van der Waals surface area contributed by atoms with Crippen LogP contribution in [0.15, 0.2) is 34.6 Å². The number of thiophene rings is 1. The second-order valence-electron chi connectivity index (χ2n) is 7.00. The zero-order valence-electron chi connectivity index (χ0n) is 17.9. The van der Waals surface area contributed by atoms with Crippen molar-refractivity contribution >= 4 is 23.2 Å². The van der Waals surface area contributed by atoms with Crippen LogP contribution in [0.1, 0.15) is 29.3 Å². The molecular formula is C22H30N4O3S. The Bertz CT molecular complexity index is 881. The maximum Gasteiger partial charge on any atom is 0.224 e. The van der Waals surface area contributed by atoms with Gasteiger partial charge in [0.25, 0.3) is 0 Å². The number of carbonyl (C=O) groups excluding carboxylic acids is 1. The van der Waals surface area contributed by atoms with Crippen molar-refractivity contribution < 1.29 is 14.3 Å². The summed E-state index contributed by atoms with van der Waals surface area (Å²) >= 11 is 1.79. The smallest absolute Gasteiger partial charge is 0.224 e. The Morgan fingerprint density at radius 3 is 2.80 bits per heavy atom. The van der Waals surface area contributed by atoms with Crippen molar-refractivity contribution in [1.82, 2.24) is 15.5 Å².